The SMILES string of the molecule is CCCCOCCOC(CNCCC)c1ccc(C)cc1. The summed E-state index contributed by atoms with van der Waals surface area (Å²) in [5.74, 6) is 0. The molecule has 0 aliphatic carbocycles. The molecule has 0 bridgehead atoms. The highest BCUT2D eigenvalue weighted by molar-refractivity contribution is 5.23. The van der Waals surface area contributed by atoms with E-state index in [4.69, 9.17) is 9.47 Å². The molecule has 3 nitrogen and oxygen atoms in total. The lowest BCUT2D eigenvalue weighted by molar-refractivity contribution is 0.00366. The van der Waals surface area contributed by atoms with Gasteiger partial charge in [0.25, 0.3) is 0 Å². The van der Waals surface area contributed by atoms with Crippen molar-refractivity contribution in [3.8, 4) is 0 Å². The summed E-state index contributed by atoms with van der Waals surface area (Å²) >= 11 is 0. The van der Waals surface area contributed by atoms with Gasteiger partial charge in [-0.1, -0.05) is 50.1 Å². The van der Waals surface area contributed by atoms with Crippen molar-refractivity contribution >= 4 is 0 Å². The highest BCUT2D eigenvalue weighted by Crippen LogP contribution is 2.17. The van der Waals surface area contributed by atoms with E-state index in [0.29, 0.717) is 13.2 Å². The molecule has 0 heterocycles. The van der Waals surface area contributed by atoms with Crippen LogP contribution in [0.25, 0.3) is 0 Å². The highest BCUT2D eigenvalue weighted by atomic mass is 16.5. The predicted molar refractivity (Wildman–Crippen MR) is 88.8 cm³/mol. The Morgan fingerprint density at radius 1 is 1.00 bits per heavy atom. The van der Waals surface area contributed by atoms with Gasteiger partial charge in [0.15, 0.2) is 0 Å². The van der Waals surface area contributed by atoms with E-state index in [2.05, 4.69) is 50.4 Å². The molecule has 3 heteroatoms. The molecule has 1 unspecified atom stereocenters. The first-order valence-electron chi connectivity index (χ1n) is 8.24. The lowest BCUT2D eigenvalue weighted by Gasteiger charge is -2.19. The van der Waals surface area contributed by atoms with Gasteiger partial charge in [0.1, 0.15) is 0 Å². The third kappa shape index (κ3) is 8.20. The van der Waals surface area contributed by atoms with Crippen LogP contribution in [0.4, 0.5) is 0 Å². The summed E-state index contributed by atoms with van der Waals surface area (Å²) in [5.41, 5.74) is 2.51. The molecule has 0 fully saturated rings. The largest absolute Gasteiger partial charge is 0.379 e. The van der Waals surface area contributed by atoms with Gasteiger partial charge in [0.05, 0.1) is 19.3 Å². The van der Waals surface area contributed by atoms with Crippen molar-refractivity contribution < 1.29 is 9.47 Å². The maximum absolute atomic E-state index is 6.01. The molecule has 0 amide bonds. The Bertz CT molecular complexity index is 351. The first-order valence-corrected chi connectivity index (χ1v) is 8.24. The summed E-state index contributed by atoms with van der Waals surface area (Å²) in [6.45, 7) is 10.5. The van der Waals surface area contributed by atoms with E-state index in [9.17, 15) is 0 Å². The van der Waals surface area contributed by atoms with E-state index < -0.39 is 0 Å². The maximum Gasteiger partial charge on any atom is 0.0950 e. The normalized spacial score (nSPS) is 12.5. The zero-order valence-corrected chi connectivity index (χ0v) is 13.9. The monoisotopic (exact) mass is 293 g/mol. The van der Waals surface area contributed by atoms with Gasteiger partial charge in [-0.05, 0) is 31.9 Å². The molecule has 0 aromatic heterocycles. The summed E-state index contributed by atoms with van der Waals surface area (Å²) in [6.07, 6.45) is 3.54. The minimum absolute atomic E-state index is 0.104. The van der Waals surface area contributed by atoms with Gasteiger partial charge < -0.3 is 14.8 Å². The Kier molecular flexibility index (Phi) is 10.1. The number of rotatable bonds is 12. The van der Waals surface area contributed by atoms with Gasteiger partial charge in [0.2, 0.25) is 0 Å². The Labute approximate surface area is 130 Å². The van der Waals surface area contributed by atoms with Crippen molar-refractivity contribution in [3.05, 3.63) is 35.4 Å². The fraction of sp³-hybridized carbons (Fsp3) is 0.667. The molecule has 0 spiro atoms. The Morgan fingerprint density at radius 3 is 2.43 bits per heavy atom. The average Bonchev–Trinajstić information content (AvgIpc) is 2.50. The third-order valence-corrected chi connectivity index (χ3v) is 3.39. The number of hydrogen-bond acceptors (Lipinski definition) is 3. The van der Waals surface area contributed by atoms with Gasteiger partial charge in [0, 0.05) is 13.2 Å². The number of benzene rings is 1. The van der Waals surface area contributed by atoms with E-state index in [0.717, 1.165) is 32.5 Å². The lowest BCUT2D eigenvalue weighted by atomic mass is 10.1. The van der Waals surface area contributed by atoms with E-state index in [1.807, 2.05) is 0 Å². The fourth-order valence-corrected chi connectivity index (χ4v) is 2.06. The van der Waals surface area contributed by atoms with Crippen molar-refractivity contribution in [2.45, 2.75) is 46.1 Å². The van der Waals surface area contributed by atoms with Gasteiger partial charge in [-0.2, -0.15) is 0 Å². The summed E-state index contributed by atoms with van der Waals surface area (Å²) in [4.78, 5) is 0. The highest BCUT2D eigenvalue weighted by Gasteiger charge is 2.11. The summed E-state index contributed by atoms with van der Waals surface area (Å²) in [5, 5.41) is 3.44. The first-order chi connectivity index (χ1) is 10.3. The zero-order valence-electron chi connectivity index (χ0n) is 13.9. The molecule has 0 aliphatic heterocycles. The predicted octanol–water partition coefficient (Wildman–Crippen LogP) is 3.87. The van der Waals surface area contributed by atoms with Crippen LogP contribution in [-0.2, 0) is 9.47 Å². The van der Waals surface area contributed by atoms with Crippen LogP contribution in [0.3, 0.4) is 0 Å². The first kappa shape index (κ1) is 18.1. The molecular weight excluding hydrogens is 262 g/mol. The molecule has 0 aliphatic rings. The lowest BCUT2D eigenvalue weighted by Crippen LogP contribution is -2.25. The van der Waals surface area contributed by atoms with E-state index in [-0.39, 0.29) is 6.10 Å². The van der Waals surface area contributed by atoms with Crippen molar-refractivity contribution in [1.29, 1.82) is 0 Å². The third-order valence-electron chi connectivity index (χ3n) is 3.39. The summed E-state index contributed by atoms with van der Waals surface area (Å²) < 4.78 is 11.6. The van der Waals surface area contributed by atoms with E-state index >= 15 is 0 Å². The van der Waals surface area contributed by atoms with E-state index in [1.54, 1.807) is 0 Å². The second-order valence-corrected chi connectivity index (χ2v) is 5.44. The Hall–Kier alpha value is -0.900. The molecule has 21 heavy (non-hydrogen) atoms. The van der Waals surface area contributed by atoms with Gasteiger partial charge >= 0.3 is 0 Å². The topological polar surface area (TPSA) is 30.5 Å². The second-order valence-electron chi connectivity index (χ2n) is 5.44. The van der Waals surface area contributed by atoms with Crippen molar-refractivity contribution in [2.24, 2.45) is 0 Å². The smallest absolute Gasteiger partial charge is 0.0950 e. The van der Waals surface area contributed by atoms with Gasteiger partial charge in [-0.3, -0.25) is 0 Å². The van der Waals surface area contributed by atoms with Crippen LogP contribution >= 0.6 is 0 Å². The zero-order chi connectivity index (χ0) is 15.3. The molecule has 0 radical (unpaired) electrons. The number of nitrogens with one attached hydrogen (secondary N) is 1. The average molecular weight is 293 g/mol. The van der Waals surface area contributed by atoms with Crippen LogP contribution < -0.4 is 5.32 Å². The summed E-state index contributed by atoms with van der Waals surface area (Å²) in [6, 6.07) is 8.60. The Balaban J connectivity index is 2.39. The molecule has 1 atom stereocenters. The molecule has 1 N–H and O–H groups in total. The standard InChI is InChI=1S/C18H31NO2/c1-4-6-12-20-13-14-21-18(15-19-11-5-2)17-9-7-16(3)8-10-17/h7-10,18-19H,4-6,11-15H2,1-3H3. The molecule has 1 aromatic carbocycles. The van der Waals surface area contributed by atoms with Crippen molar-refractivity contribution in [2.75, 3.05) is 32.9 Å². The van der Waals surface area contributed by atoms with Crippen molar-refractivity contribution in [1.82, 2.24) is 5.32 Å². The molecule has 0 saturated heterocycles. The fourth-order valence-electron chi connectivity index (χ4n) is 2.06. The quantitative estimate of drug-likeness (QED) is 0.593. The second kappa shape index (κ2) is 11.7. The van der Waals surface area contributed by atoms with Gasteiger partial charge in [-0.15, -0.1) is 0 Å². The molecule has 120 valence electrons. The summed E-state index contributed by atoms with van der Waals surface area (Å²) in [7, 11) is 0. The number of unbranched alkanes of at least 4 members (excludes halogenated alkanes) is 1. The maximum atomic E-state index is 6.01. The van der Waals surface area contributed by atoms with Crippen LogP contribution in [-0.4, -0.2) is 32.9 Å². The van der Waals surface area contributed by atoms with Crippen LogP contribution in [0.2, 0.25) is 0 Å². The number of aryl methyl sites for hydroxylation is 1. The van der Waals surface area contributed by atoms with E-state index in [1.165, 1.54) is 17.5 Å². The molecule has 1 rings (SSSR count). The minimum atomic E-state index is 0.104. The van der Waals surface area contributed by atoms with Crippen LogP contribution in [0.1, 0.15) is 50.3 Å². The molecule has 0 saturated carbocycles. The minimum Gasteiger partial charge on any atom is -0.379 e. The molecular formula is C18H31NO2. The van der Waals surface area contributed by atoms with Gasteiger partial charge in [-0.25, -0.2) is 0 Å². The van der Waals surface area contributed by atoms with Crippen molar-refractivity contribution in [3.63, 3.8) is 0 Å². The van der Waals surface area contributed by atoms with Crippen LogP contribution in [0.5, 0.6) is 0 Å². The van der Waals surface area contributed by atoms with Crippen LogP contribution in [0.15, 0.2) is 24.3 Å². The van der Waals surface area contributed by atoms with Crippen LogP contribution in [0, 0.1) is 6.92 Å². The molecule has 1 aromatic rings. The number of ether oxygens (including phenoxy) is 2. The number of hydrogen-bond donors (Lipinski definition) is 1. The Morgan fingerprint density at radius 2 is 1.76 bits per heavy atom.